The summed E-state index contributed by atoms with van der Waals surface area (Å²) in [4.78, 5) is 0. The molecule has 0 aromatic heterocycles. The van der Waals surface area contributed by atoms with Gasteiger partial charge in [-0.05, 0) is 39.0 Å². The molecule has 0 radical (unpaired) electrons. The highest BCUT2D eigenvalue weighted by Gasteiger charge is 2.27. The van der Waals surface area contributed by atoms with Crippen LogP contribution in [0.2, 0.25) is 0 Å². The summed E-state index contributed by atoms with van der Waals surface area (Å²) in [5, 5.41) is 28.0. The first-order chi connectivity index (χ1) is 8.36. The van der Waals surface area contributed by atoms with E-state index < -0.39 is 0 Å². The SMILES string of the molecule is C/C(O)=C/C1SC(/C=C(/C)O)SC(/C=C(/C)O)S1. The number of aliphatic hydroxyl groups is 3. The number of hydrogen-bond donors (Lipinski definition) is 3. The summed E-state index contributed by atoms with van der Waals surface area (Å²) in [7, 11) is 0. The maximum absolute atomic E-state index is 9.34. The van der Waals surface area contributed by atoms with E-state index in [-0.39, 0.29) is 13.7 Å². The van der Waals surface area contributed by atoms with E-state index in [1.807, 2.05) is 0 Å². The van der Waals surface area contributed by atoms with Gasteiger partial charge in [-0.2, -0.15) is 0 Å². The molecule has 1 heterocycles. The molecule has 0 aromatic carbocycles. The molecule has 102 valence electrons. The van der Waals surface area contributed by atoms with Crippen molar-refractivity contribution in [3.63, 3.8) is 0 Å². The van der Waals surface area contributed by atoms with Gasteiger partial charge in [0.2, 0.25) is 0 Å². The van der Waals surface area contributed by atoms with Gasteiger partial charge in [0, 0.05) is 0 Å². The maximum Gasteiger partial charge on any atom is 0.0871 e. The van der Waals surface area contributed by atoms with Crippen LogP contribution in [0.25, 0.3) is 0 Å². The lowest BCUT2D eigenvalue weighted by atomic mass is 10.5. The van der Waals surface area contributed by atoms with Gasteiger partial charge in [0.15, 0.2) is 0 Å². The Balaban J connectivity index is 2.82. The Morgan fingerprint density at radius 3 is 1.06 bits per heavy atom. The van der Waals surface area contributed by atoms with E-state index in [0.29, 0.717) is 17.3 Å². The van der Waals surface area contributed by atoms with Crippen molar-refractivity contribution >= 4 is 35.3 Å². The third kappa shape index (κ3) is 6.02. The summed E-state index contributed by atoms with van der Waals surface area (Å²) in [5.41, 5.74) is 0. The van der Waals surface area contributed by atoms with Crippen LogP contribution in [0, 0.1) is 0 Å². The number of allylic oxidation sites excluding steroid dienone is 3. The van der Waals surface area contributed by atoms with Crippen molar-refractivity contribution < 1.29 is 15.3 Å². The van der Waals surface area contributed by atoms with Crippen molar-refractivity contribution in [1.82, 2.24) is 0 Å². The highest BCUT2D eigenvalue weighted by atomic mass is 32.3. The van der Waals surface area contributed by atoms with E-state index >= 15 is 0 Å². The lowest BCUT2D eigenvalue weighted by Crippen LogP contribution is -2.15. The zero-order chi connectivity index (χ0) is 13.7. The first kappa shape index (κ1) is 15.7. The standard InChI is InChI=1S/C12H18O3S3/c1-7(13)4-10-16-11(5-8(2)14)18-12(17-10)6-9(3)15/h4-6,10-15H,1-3H3/b7-4-,8-5-,9-6-. The van der Waals surface area contributed by atoms with Crippen molar-refractivity contribution in [2.24, 2.45) is 0 Å². The molecule has 0 spiro atoms. The second kappa shape index (κ2) is 7.31. The van der Waals surface area contributed by atoms with Crippen LogP contribution in [0.15, 0.2) is 35.5 Å². The molecule has 3 nitrogen and oxygen atoms in total. The second-order valence-corrected chi connectivity index (χ2v) is 8.70. The average molecular weight is 306 g/mol. The van der Waals surface area contributed by atoms with Gasteiger partial charge in [-0.1, -0.05) is 0 Å². The maximum atomic E-state index is 9.34. The lowest BCUT2D eigenvalue weighted by molar-refractivity contribution is 0.413. The Morgan fingerprint density at radius 1 is 0.667 bits per heavy atom. The largest absolute Gasteiger partial charge is 0.513 e. The van der Waals surface area contributed by atoms with Crippen LogP contribution in [0.4, 0.5) is 0 Å². The minimum atomic E-state index is 0.109. The van der Waals surface area contributed by atoms with E-state index in [1.165, 1.54) is 0 Å². The minimum Gasteiger partial charge on any atom is -0.513 e. The van der Waals surface area contributed by atoms with Gasteiger partial charge in [-0.15, -0.1) is 35.3 Å². The molecule has 0 bridgehead atoms. The van der Waals surface area contributed by atoms with Crippen molar-refractivity contribution in [3.8, 4) is 0 Å². The molecule has 6 heteroatoms. The van der Waals surface area contributed by atoms with E-state index in [1.54, 1.807) is 74.3 Å². The van der Waals surface area contributed by atoms with Crippen molar-refractivity contribution in [3.05, 3.63) is 35.5 Å². The predicted molar refractivity (Wildman–Crippen MR) is 83.3 cm³/mol. The summed E-state index contributed by atoms with van der Waals surface area (Å²) in [5.74, 6) is 0.872. The van der Waals surface area contributed by atoms with Gasteiger partial charge >= 0.3 is 0 Å². The molecule has 0 amide bonds. The zero-order valence-electron chi connectivity index (χ0n) is 10.5. The summed E-state index contributed by atoms with van der Waals surface area (Å²) < 4.78 is 0.326. The van der Waals surface area contributed by atoms with Crippen LogP contribution < -0.4 is 0 Å². The van der Waals surface area contributed by atoms with Gasteiger partial charge in [0.1, 0.15) is 0 Å². The molecular weight excluding hydrogens is 288 g/mol. The summed E-state index contributed by atoms with van der Waals surface area (Å²) in [6, 6.07) is 0. The summed E-state index contributed by atoms with van der Waals surface area (Å²) in [6.07, 6.45) is 5.36. The van der Waals surface area contributed by atoms with Crippen LogP contribution in [-0.2, 0) is 0 Å². The molecule has 0 saturated carbocycles. The van der Waals surface area contributed by atoms with Crippen molar-refractivity contribution in [2.45, 2.75) is 34.5 Å². The number of rotatable bonds is 3. The number of hydrogen-bond acceptors (Lipinski definition) is 6. The molecule has 18 heavy (non-hydrogen) atoms. The first-order valence-electron chi connectivity index (χ1n) is 5.45. The van der Waals surface area contributed by atoms with Gasteiger partial charge in [-0.3, -0.25) is 0 Å². The molecule has 1 saturated heterocycles. The fraction of sp³-hybridized carbons (Fsp3) is 0.500. The molecule has 0 unspecified atom stereocenters. The smallest absolute Gasteiger partial charge is 0.0871 e. The molecule has 1 aliphatic heterocycles. The van der Waals surface area contributed by atoms with E-state index in [9.17, 15) is 15.3 Å². The van der Waals surface area contributed by atoms with Crippen molar-refractivity contribution in [2.75, 3.05) is 0 Å². The minimum absolute atomic E-state index is 0.109. The molecule has 1 fully saturated rings. The fourth-order valence-electron chi connectivity index (χ4n) is 1.32. The Kier molecular flexibility index (Phi) is 6.38. The van der Waals surface area contributed by atoms with Crippen LogP contribution in [0.1, 0.15) is 20.8 Å². The molecule has 1 aliphatic rings. The van der Waals surface area contributed by atoms with Crippen molar-refractivity contribution in [1.29, 1.82) is 0 Å². The summed E-state index contributed by atoms with van der Waals surface area (Å²) >= 11 is 4.98. The Labute approximate surface area is 120 Å². The predicted octanol–water partition coefficient (Wildman–Crippen LogP) is 4.56. The number of aliphatic hydroxyl groups excluding tert-OH is 3. The van der Waals surface area contributed by atoms with E-state index in [4.69, 9.17) is 0 Å². The van der Waals surface area contributed by atoms with Gasteiger partial charge in [0.25, 0.3) is 0 Å². The molecule has 0 atom stereocenters. The quantitative estimate of drug-likeness (QED) is 0.664. The second-order valence-electron chi connectivity index (χ2n) is 3.94. The molecule has 1 rings (SSSR count). The third-order valence-electron chi connectivity index (χ3n) is 1.94. The van der Waals surface area contributed by atoms with Gasteiger partial charge < -0.3 is 15.3 Å². The Bertz CT molecular complexity index is 302. The highest BCUT2D eigenvalue weighted by molar-refractivity contribution is 8.34. The normalized spacial score (nSPS) is 31.5. The van der Waals surface area contributed by atoms with E-state index in [0.717, 1.165) is 0 Å². The molecular formula is C12H18O3S3. The topological polar surface area (TPSA) is 60.7 Å². The zero-order valence-corrected chi connectivity index (χ0v) is 13.0. The van der Waals surface area contributed by atoms with Gasteiger partial charge in [-0.25, -0.2) is 0 Å². The van der Waals surface area contributed by atoms with Crippen LogP contribution >= 0.6 is 35.3 Å². The molecule has 0 aromatic rings. The molecule has 0 aliphatic carbocycles. The first-order valence-corrected chi connectivity index (χ1v) is 8.28. The Morgan fingerprint density at radius 2 is 0.889 bits per heavy atom. The monoisotopic (exact) mass is 306 g/mol. The van der Waals surface area contributed by atoms with E-state index in [2.05, 4.69) is 0 Å². The molecule has 3 N–H and O–H groups in total. The van der Waals surface area contributed by atoms with Gasteiger partial charge in [0.05, 0.1) is 31.0 Å². The highest BCUT2D eigenvalue weighted by Crippen LogP contribution is 2.49. The summed E-state index contributed by atoms with van der Waals surface area (Å²) in [6.45, 7) is 4.94. The third-order valence-corrected chi connectivity index (χ3v) is 6.36. The van der Waals surface area contributed by atoms with Crippen LogP contribution in [-0.4, -0.2) is 29.1 Å². The fourth-order valence-corrected chi connectivity index (χ4v) is 7.32. The Hall–Kier alpha value is -0.330. The van der Waals surface area contributed by atoms with Crippen LogP contribution in [0.3, 0.4) is 0 Å². The average Bonchev–Trinajstić information content (AvgIpc) is 2.12. The number of thioether (sulfide) groups is 3. The van der Waals surface area contributed by atoms with Crippen LogP contribution in [0.5, 0.6) is 0 Å². The lowest BCUT2D eigenvalue weighted by Gasteiger charge is -2.29.